The van der Waals surface area contributed by atoms with Gasteiger partial charge in [-0.1, -0.05) is 23.8 Å². The van der Waals surface area contributed by atoms with Crippen LogP contribution < -0.4 is 11.1 Å². The van der Waals surface area contributed by atoms with Crippen molar-refractivity contribution in [2.75, 3.05) is 5.32 Å². The summed E-state index contributed by atoms with van der Waals surface area (Å²) >= 11 is 10.6. The average molecular weight is 296 g/mol. The molecule has 3 nitrogen and oxygen atoms in total. The van der Waals surface area contributed by atoms with E-state index in [-0.39, 0.29) is 10.0 Å². The van der Waals surface area contributed by atoms with Gasteiger partial charge in [0.2, 0.25) is 0 Å². The molecule has 0 atom stereocenters. The number of rotatable bonds is 3. The number of aromatic nitrogens is 1. The summed E-state index contributed by atoms with van der Waals surface area (Å²) < 4.78 is 13.4. The third kappa shape index (κ3) is 3.19. The number of aryl methyl sites for hydroxylation is 1. The van der Waals surface area contributed by atoms with E-state index in [0.717, 1.165) is 5.69 Å². The Morgan fingerprint density at radius 3 is 2.74 bits per heavy atom. The van der Waals surface area contributed by atoms with Crippen molar-refractivity contribution in [2.45, 2.75) is 6.92 Å². The second kappa shape index (κ2) is 5.50. The van der Waals surface area contributed by atoms with Gasteiger partial charge in [-0.15, -0.1) is 0 Å². The molecule has 3 N–H and O–H groups in total. The van der Waals surface area contributed by atoms with Gasteiger partial charge in [-0.3, -0.25) is 0 Å². The number of benzene rings is 1. The predicted octanol–water partition coefficient (Wildman–Crippen LogP) is 3.56. The smallest absolute Gasteiger partial charge is 0.143 e. The highest BCUT2D eigenvalue weighted by Gasteiger charge is 2.08. The van der Waals surface area contributed by atoms with Crippen LogP contribution in [0.5, 0.6) is 0 Å². The zero-order valence-electron chi connectivity index (χ0n) is 10.1. The number of anilines is 2. The number of hydrogen-bond donors (Lipinski definition) is 2. The van der Waals surface area contributed by atoms with Crippen LogP contribution >= 0.6 is 23.8 Å². The van der Waals surface area contributed by atoms with E-state index in [4.69, 9.17) is 29.6 Å². The van der Waals surface area contributed by atoms with Gasteiger partial charge in [0.1, 0.15) is 16.6 Å². The topological polar surface area (TPSA) is 50.9 Å². The highest BCUT2D eigenvalue weighted by atomic mass is 35.5. The fraction of sp³-hybridized carbons (Fsp3) is 0.0769. The molecule has 0 amide bonds. The van der Waals surface area contributed by atoms with Crippen molar-refractivity contribution in [3.63, 3.8) is 0 Å². The molecule has 0 bridgehead atoms. The number of nitrogens with two attached hydrogens (primary N) is 1. The van der Waals surface area contributed by atoms with Crippen LogP contribution in [0.25, 0.3) is 0 Å². The van der Waals surface area contributed by atoms with E-state index in [2.05, 4.69) is 10.3 Å². The van der Waals surface area contributed by atoms with Crippen LogP contribution in [-0.2, 0) is 0 Å². The minimum absolute atomic E-state index is 0.0670. The zero-order valence-corrected chi connectivity index (χ0v) is 11.6. The third-order valence-corrected chi connectivity index (χ3v) is 3.01. The van der Waals surface area contributed by atoms with E-state index < -0.39 is 5.82 Å². The monoisotopic (exact) mass is 295 g/mol. The van der Waals surface area contributed by atoms with Crippen LogP contribution in [0.4, 0.5) is 15.9 Å². The summed E-state index contributed by atoms with van der Waals surface area (Å²) in [6.45, 7) is 1.84. The largest absolute Gasteiger partial charge is 0.389 e. The molecule has 0 fully saturated rings. The number of nitrogens with one attached hydrogen (secondary N) is 1. The van der Waals surface area contributed by atoms with Gasteiger partial charge in [0.15, 0.2) is 0 Å². The number of thiocarbonyl (C=S) groups is 1. The fourth-order valence-electron chi connectivity index (χ4n) is 1.56. The molecule has 0 saturated carbocycles. The highest BCUT2D eigenvalue weighted by molar-refractivity contribution is 7.80. The van der Waals surface area contributed by atoms with Gasteiger partial charge >= 0.3 is 0 Å². The van der Waals surface area contributed by atoms with Crippen LogP contribution in [0.2, 0.25) is 5.02 Å². The molecular formula is C13H11ClFN3S. The van der Waals surface area contributed by atoms with Gasteiger partial charge in [0.25, 0.3) is 0 Å². The highest BCUT2D eigenvalue weighted by Crippen LogP contribution is 2.23. The molecule has 0 aliphatic rings. The van der Waals surface area contributed by atoms with Crippen LogP contribution in [0.3, 0.4) is 0 Å². The summed E-state index contributed by atoms with van der Waals surface area (Å²) in [5.74, 6) is -0.00887. The van der Waals surface area contributed by atoms with Crippen molar-refractivity contribution in [1.29, 1.82) is 0 Å². The van der Waals surface area contributed by atoms with Gasteiger partial charge < -0.3 is 11.1 Å². The first-order valence-electron chi connectivity index (χ1n) is 5.47. The second-order valence-corrected chi connectivity index (χ2v) is 4.81. The maximum atomic E-state index is 13.4. The van der Waals surface area contributed by atoms with E-state index >= 15 is 0 Å². The Labute approximate surface area is 120 Å². The van der Waals surface area contributed by atoms with Gasteiger partial charge in [-0.05, 0) is 37.3 Å². The van der Waals surface area contributed by atoms with Gasteiger partial charge in [0, 0.05) is 11.4 Å². The number of halogens is 2. The summed E-state index contributed by atoms with van der Waals surface area (Å²) in [7, 11) is 0. The van der Waals surface area contributed by atoms with E-state index in [1.807, 2.05) is 13.0 Å². The Morgan fingerprint density at radius 1 is 1.37 bits per heavy atom. The summed E-state index contributed by atoms with van der Waals surface area (Å²) in [4.78, 5) is 4.53. The van der Waals surface area contributed by atoms with E-state index in [0.29, 0.717) is 17.1 Å². The van der Waals surface area contributed by atoms with Crippen molar-refractivity contribution >= 4 is 40.3 Å². The van der Waals surface area contributed by atoms with Crippen LogP contribution in [0.15, 0.2) is 30.3 Å². The third-order valence-electron chi connectivity index (χ3n) is 2.48. The lowest BCUT2D eigenvalue weighted by atomic mass is 10.2. The second-order valence-electron chi connectivity index (χ2n) is 3.97. The molecule has 1 aromatic heterocycles. The van der Waals surface area contributed by atoms with Crippen LogP contribution in [-0.4, -0.2) is 9.97 Å². The first-order valence-corrected chi connectivity index (χ1v) is 6.25. The lowest BCUT2D eigenvalue weighted by molar-refractivity contribution is 0.629. The van der Waals surface area contributed by atoms with Crippen LogP contribution in [0, 0.1) is 12.7 Å². The Morgan fingerprint density at radius 2 is 2.11 bits per heavy atom. The van der Waals surface area contributed by atoms with E-state index in [1.54, 1.807) is 12.1 Å². The summed E-state index contributed by atoms with van der Waals surface area (Å²) in [6.07, 6.45) is 0. The van der Waals surface area contributed by atoms with Crippen molar-refractivity contribution in [2.24, 2.45) is 5.73 Å². The van der Waals surface area contributed by atoms with Crippen molar-refractivity contribution in [3.05, 3.63) is 52.4 Å². The summed E-state index contributed by atoms with van der Waals surface area (Å²) in [5, 5.41) is 3.05. The molecule has 0 radical (unpaired) electrons. The molecule has 98 valence electrons. The fourth-order valence-corrected chi connectivity index (χ4v) is 1.84. The molecule has 0 unspecified atom stereocenters. The molecule has 0 aliphatic carbocycles. The normalized spacial score (nSPS) is 10.3. The molecule has 2 aromatic rings. The maximum absolute atomic E-state index is 13.4. The summed E-state index contributed by atoms with van der Waals surface area (Å²) in [5.41, 5.74) is 7.56. The van der Waals surface area contributed by atoms with Crippen molar-refractivity contribution in [3.8, 4) is 0 Å². The summed E-state index contributed by atoms with van der Waals surface area (Å²) in [6, 6.07) is 7.99. The maximum Gasteiger partial charge on any atom is 0.143 e. The SMILES string of the molecule is Cc1ccc(C(N)=S)c(Nc2ccc(Cl)c(F)c2)n1. The molecule has 2 rings (SSSR count). The molecule has 0 saturated heterocycles. The Hall–Kier alpha value is -1.72. The molecule has 6 heteroatoms. The lowest BCUT2D eigenvalue weighted by Crippen LogP contribution is -2.13. The van der Waals surface area contributed by atoms with Gasteiger partial charge in [-0.2, -0.15) is 0 Å². The first-order chi connectivity index (χ1) is 8.97. The number of nitrogens with zero attached hydrogens (tertiary/aromatic N) is 1. The first kappa shape index (κ1) is 13.7. The molecule has 0 spiro atoms. The van der Waals surface area contributed by atoms with Gasteiger partial charge in [0.05, 0.1) is 10.6 Å². The molecule has 0 aliphatic heterocycles. The van der Waals surface area contributed by atoms with Crippen LogP contribution in [0.1, 0.15) is 11.3 Å². The number of hydrogen-bond acceptors (Lipinski definition) is 3. The minimum Gasteiger partial charge on any atom is -0.389 e. The predicted molar refractivity (Wildman–Crippen MR) is 79.6 cm³/mol. The lowest BCUT2D eigenvalue weighted by Gasteiger charge is -2.11. The number of pyridine rings is 1. The van der Waals surface area contributed by atoms with E-state index in [1.165, 1.54) is 12.1 Å². The Bertz CT molecular complexity index is 646. The Balaban J connectivity index is 2.39. The zero-order chi connectivity index (χ0) is 14.0. The van der Waals surface area contributed by atoms with Gasteiger partial charge in [-0.25, -0.2) is 9.37 Å². The molecule has 1 aromatic carbocycles. The average Bonchev–Trinajstić information content (AvgIpc) is 2.33. The standard InChI is InChI=1S/C13H11ClFN3S/c1-7-2-4-9(12(16)19)13(17-7)18-8-3-5-10(14)11(15)6-8/h2-6H,1H3,(H2,16,19)(H,17,18). The quantitative estimate of drug-likeness (QED) is 0.850. The van der Waals surface area contributed by atoms with E-state index in [9.17, 15) is 4.39 Å². The molecular weight excluding hydrogens is 285 g/mol. The molecule has 19 heavy (non-hydrogen) atoms. The van der Waals surface area contributed by atoms with Crippen molar-refractivity contribution in [1.82, 2.24) is 4.98 Å². The Kier molecular flexibility index (Phi) is 3.97. The minimum atomic E-state index is -0.504. The van der Waals surface area contributed by atoms with Crippen molar-refractivity contribution < 1.29 is 4.39 Å². The molecule has 1 heterocycles.